The first-order chi connectivity index (χ1) is 16.4. The smallest absolute Gasteiger partial charge is 0.339 e. The molecule has 7 nitrogen and oxygen atoms in total. The fourth-order valence-electron chi connectivity index (χ4n) is 3.93. The van der Waals surface area contributed by atoms with Gasteiger partial charge in [0, 0.05) is 35.3 Å². The van der Waals surface area contributed by atoms with E-state index in [9.17, 15) is 13.2 Å². The standard InChI is InChI=1S/C26H21NO6S/c1-3-27-16-17(22-14-18(31-2)10-12-23(22)27)13-25-26(28)21-11-9-19(15-24(21)32-25)33-34(29,30)20-7-5-4-6-8-20/h4-16H,3H2,1-2H3/b25-13+. The van der Waals surface area contributed by atoms with Gasteiger partial charge in [0.05, 0.1) is 12.7 Å². The van der Waals surface area contributed by atoms with Gasteiger partial charge in [-0.2, -0.15) is 8.42 Å². The molecule has 0 atom stereocenters. The Morgan fingerprint density at radius 3 is 2.50 bits per heavy atom. The Balaban J connectivity index is 1.47. The predicted octanol–water partition coefficient (Wildman–Crippen LogP) is 5.05. The number of carbonyl (C=O) groups is 1. The van der Waals surface area contributed by atoms with Crippen molar-refractivity contribution in [1.29, 1.82) is 0 Å². The van der Waals surface area contributed by atoms with Crippen LogP contribution in [0.1, 0.15) is 22.8 Å². The number of benzene rings is 3. The number of aromatic nitrogens is 1. The molecule has 1 aliphatic heterocycles. The van der Waals surface area contributed by atoms with E-state index in [-0.39, 0.29) is 27.9 Å². The SMILES string of the molecule is CCn1cc(/C=C2/Oc3cc(OS(=O)(=O)c4ccccc4)ccc3C2=O)c2cc(OC)ccc21. The van der Waals surface area contributed by atoms with Crippen molar-refractivity contribution in [2.24, 2.45) is 0 Å². The van der Waals surface area contributed by atoms with Gasteiger partial charge in [-0.05, 0) is 55.5 Å². The van der Waals surface area contributed by atoms with E-state index in [1.165, 1.54) is 30.3 Å². The molecule has 0 saturated carbocycles. The fourth-order valence-corrected chi connectivity index (χ4v) is 4.87. The molecule has 0 fully saturated rings. The Morgan fingerprint density at radius 1 is 1.00 bits per heavy atom. The summed E-state index contributed by atoms with van der Waals surface area (Å²) < 4.78 is 43.6. The minimum Gasteiger partial charge on any atom is -0.497 e. The first-order valence-corrected chi connectivity index (χ1v) is 12.0. The summed E-state index contributed by atoms with van der Waals surface area (Å²) >= 11 is 0. The van der Waals surface area contributed by atoms with E-state index in [0.717, 1.165) is 23.0 Å². The third-order valence-corrected chi connectivity index (χ3v) is 6.89. The molecule has 0 spiro atoms. The molecule has 1 aliphatic rings. The normalized spacial score (nSPS) is 14.3. The number of aryl methyl sites for hydroxylation is 1. The zero-order valence-corrected chi connectivity index (χ0v) is 19.3. The highest BCUT2D eigenvalue weighted by Crippen LogP contribution is 2.37. The van der Waals surface area contributed by atoms with E-state index >= 15 is 0 Å². The van der Waals surface area contributed by atoms with Gasteiger partial charge < -0.3 is 18.2 Å². The van der Waals surface area contributed by atoms with Gasteiger partial charge in [-0.25, -0.2) is 0 Å². The summed E-state index contributed by atoms with van der Waals surface area (Å²) in [6.45, 7) is 2.80. The van der Waals surface area contributed by atoms with Crippen LogP contribution in [0, 0.1) is 0 Å². The van der Waals surface area contributed by atoms with Gasteiger partial charge in [0.2, 0.25) is 5.78 Å². The van der Waals surface area contributed by atoms with E-state index < -0.39 is 10.1 Å². The van der Waals surface area contributed by atoms with Crippen LogP contribution >= 0.6 is 0 Å². The number of hydrogen-bond donors (Lipinski definition) is 0. The number of carbonyl (C=O) groups excluding carboxylic acids is 1. The molecule has 0 N–H and O–H groups in total. The molecule has 0 amide bonds. The Bertz CT molecular complexity index is 1550. The summed E-state index contributed by atoms with van der Waals surface area (Å²) in [6, 6.07) is 18.0. The van der Waals surface area contributed by atoms with Gasteiger partial charge in [-0.1, -0.05) is 18.2 Å². The molecule has 0 unspecified atom stereocenters. The number of ketones is 1. The van der Waals surface area contributed by atoms with Crippen LogP contribution in [0.2, 0.25) is 0 Å². The predicted molar refractivity (Wildman–Crippen MR) is 128 cm³/mol. The summed E-state index contributed by atoms with van der Waals surface area (Å²) in [5.74, 6) is 0.881. The topological polar surface area (TPSA) is 83.8 Å². The van der Waals surface area contributed by atoms with Crippen LogP contribution in [0.15, 0.2) is 83.6 Å². The first-order valence-electron chi connectivity index (χ1n) is 10.6. The zero-order chi connectivity index (χ0) is 23.9. The summed E-state index contributed by atoms with van der Waals surface area (Å²) in [4.78, 5) is 13.0. The Morgan fingerprint density at radius 2 is 1.76 bits per heavy atom. The van der Waals surface area contributed by atoms with E-state index in [0.29, 0.717) is 11.3 Å². The van der Waals surface area contributed by atoms with E-state index in [1.54, 1.807) is 31.4 Å². The average molecular weight is 476 g/mol. The lowest BCUT2D eigenvalue weighted by atomic mass is 10.1. The van der Waals surface area contributed by atoms with Crippen molar-refractivity contribution in [1.82, 2.24) is 4.57 Å². The lowest BCUT2D eigenvalue weighted by molar-refractivity contribution is 0.101. The second-order valence-corrected chi connectivity index (χ2v) is 9.25. The molecule has 0 saturated heterocycles. The van der Waals surface area contributed by atoms with Gasteiger partial charge in [0.1, 0.15) is 22.1 Å². The molecular weight excluding hydrogens is 454 g/mol. The fraction of sp³-hybridized carbons (Fsp3) is 0.115. The maximum atomic E-state index is 13.0. The molecule has 0 aliphatic carbocycles. The Labute approximate surface area is 196 Å². The number of hydrogen-bond acceptors (Lipinski definition) is 6. The molecule has 34 heavy (non-hydrogen) atoms. The number of rotatable bonds is 6. The summed E-state index contributed by atoms with van der Waals surface area (Å²) in [5.41, 5.74) is 2.17. The van der Waals surface area contributed by atoms with Crippen LogP contribution in [-0.2, 0) is 16.7 Å². The molecule has 0 bridgehead atoms. The molecule has 4 aromatic rings. The van der Waals surface area contributed by atoms with Crippen LogP contribution in [0.4, 0.5) is 0 Å². The lowest BCUT2D eigenvalue weighted by Gasteiger charge is -2.07. The first kappa shape index (κ1) is 21.8. The highest BCUT2D eigenvalue weighted by atomic mass is 32.2. The number of methoxy groups -OCH3 is 1. The number of ether oxygens (including phenoxy) is 2. The third kappa shape index (κ3) is 3.82. The zero-order valence-electron chi connectivity index (χ0n) is 18.5. The maximum Gasteiger partial charge on any atom is 0.339 e. The summed E-state index contributed by atoms with van der Waals surface area (Å²) in [6.07, 6.45) is 3.65. The van der Waals surface area contributed by atoms with Crippen molar-refractivity contribution in [2.75, 3.05) is 7.11 Å². The quantitative estimate of drug-likeness (QED) is 0.287. The van der Waals surface area contributed by atoms with Crippen molar-refractivity contribution < 1.29 is 26.9 Å². The van der Waals surface area contributed by atoms with Gasteiger partial charge >= 0.3 is 10.1 Å². The van der Waals surface area contributed by atoms with E-state index in [4.69, 9.17) is 13.7 Å². The lowest BCUT2D eigenvalue weighted by Crippen LogP contribution is -2.09. The molecule has 2 heterocycles. The van der Waals surface area contributed by atoms with Gasteiger partial charge in [-0.15, -0.1) is 0 Å². The minimum absolute atomic E-state index is 0.0378. The molecule has 8 heteroatoms. The molecule has 5 rings (SSSR count). The van der Waals surface area contributed by atoms with Crippen molar-refractivity contribution in [3.8, 4) is 17.2 Å². The maximum absolute atomic E-state index is 13.0. The van der Waals surface area contributed by atoms with Gasteiger partial charge in [0.15, 0.2) is 5.76 Å². The van der Waals surface area contributed by atoms with Gasteiger partial charge in [-0.3, -0.25) is 4.79 Å². The second kappa shape index (κ2) is 8.39. The van der Waals surface area contributed by atoms with E-state index in [2.05, 4.69) is 4.57 Å². The van der Waals surface area contributed by atoms with Crippen molar-refractivity contribution in [3.63, 3.8) is 0 Å². The number of allylic oxidation sites excluding steroid dienone is 1. The second-order valence-electron chi connectivity index (χ2n) is 7.70. The number of fused-ring (bicyclic) bond motifs is 2. The monoisotopic (exact) mass is 475 g/mol. The highest BCUT2D eigenvalue weighted by molar-refractivity contribution is 7.87. The number of Topliss-reactive ketones (excluding diaryl/α,β-unsaturated/α-hetero) is 1. The van der Waals surface area contributed by atoms with Crippen molar-refractivity contribution >= 4 is 32.9 Å². The molecular formula is C26H21NO6S. The largest absolute Gasteiger partial charge is 0.497 e. The van der Waals surface area contributed by atoms with Crippen molar-refractivity contribution in [2.45, 2.75) is 18.4 Å². The molecule has 1 aromatic heterocycles. The highest BCUT2D eigenvalue weighted by Gasteiger charge is 2.29. The summed E-state index contributed by atoms with van der Waals surface area (Å²) in [5, 5.41) is 0.930. The number of nitrogens with zero attached hydrogens (tertiary/aromatic N) is 1. The molecule has 0 radical (unpaired) electrons. The summed E-state index contributed by atoms with van der Waals surface area (Å²) in [7, 11) is -2.40. The van der Waals surface area contributed by atoms with Gasteiger partial charge in [0.25, 0.3) is 0 Å². The van der Waals surface area contributed by atoms with Crippen LogP contribution in [0.25, 0.3) is 17.0 Å². The van der Waals surface area contributed by atoms with Crippen LogP contribution < -0.4 is 13.7 Å². The van der Waals surface area contributed by atoms with Crippen LogP contribution in [0.3, 0.4) is 0 Å². The van der Waals surface area contributed by atoms with Crippen LogP contribution in [-0.4, -0.2) is 25.9 Å². The Hall–Kier alpha value is -4.04. The molecule has 172 valence electrons. The third-order valence-electron chi connectivity index (χ3n) is 5.63. The van der Waals surface area contributed by atoms with Crippen LogP contribution in [0.5, 0.6) is 17.2 Å². The average Bonchev–Trinajstić information content (AvgIpc) is 3.35. The van der Waals surface area contributed by atoms with Crippen molar-refractivity contribution in [3.05, 3.63) is 89.8 Å². The minimum atomic E-state index is -4.01. The Kier molecular flexibility index (Phi) is 5.37. The molecule has 3 aromatic carbocycles. The van der Waals surface area contributed by atoms with E-state index in [1.807, 2.05) is 31.3 Å².